The predicted octanol–water partition coefficient (Wildman–Crippen LogP) is 2.39. The van der Waals surface area contributed by atoms with Gasteiger partial charge in [0.15, 0.2) is 0 Å². The second kappa shape index (κ2) is 3.02. The van der Waals surface area contributed by atoms with Crippen molar-refractivity contribution in [1.82, 2.24) is 5.32 Å². The average Bonchev–Trinajstić information content (AvgIpc) is 2.88. The first-order valence-electron chi connectivity index (χ1n) is 5.14. The van der Waals surface area contributed by atoms with E-state index in [1.54, 1.807) is 0 Å². The number of amides is 1. The quantitative estimate of drug-likeness (QED) is 0.753. The van der Waals surface area contributed by atoms with E-state index in [0.717, 1.165) is 19.4 Å². The third-order valence-electron chi connectivity index (χ3n) is 3.89. The molecule has 15 heavy (non-hydrogen) atoms. The Labute approximate surface area is 98.3 Å². The van der Waals surface area contributed by atoms with E-state index in [-0.39, 0.29) is 17.2 Å². The average molecular weight is 244 g/mol. The molecule has 0 aromatic carbocycles. The fourth-order valence-corrected chi connectivity index (χ4v) is 3.22. The van der Waals surface area contributed by atoms with Crippen molar-refractivity contribution in [2.24, 2.45) is 17.3 Å². The highest BCUT2D eigenvalue weighted by molar-refractivity contribution is 6.44. The molecule has 2 nitrogen and oxygen atoms in total. The lowest BCUT2D eigenvalue weighted by Crippen LogP contribution is -2.25. The van der Waals surface area contributed by atoms with Crippen LogP contribution in [-0.2, 0) is 4.79 Å². The van der Waals surface area contributed by atoms with E-state index in [9.17, 15) is 4.79 Å². The number of piperidine rings is 1. The summed E-state index contributed by atoms with van der Waals surface area (Å²) in [7, 11) is 0. The summed E-state index contributed by atoms with van der Waals surface area (Å²) in [5, 5.41) is 4.19. The van der Waals surface area contributed by atoms with Gasteiger partial charge in [-0.2, -0.15) is 0 Å². The summed E-state index contributed by atoms with van der Waals surface area (Å²) in [5.41, 5.74) is 0.144. The van der Waals surface area contributed by atoms with Gasteiger partial charge in [0.05, 0.1) is 10.1 Å². The molecule has 2 fully saturated rings. The van der Waals surface area contributed by atoms with Gasteiger partial charge in [0, 0.05) is 17.9 Å². The molecule has 3 rings (SSSR count). The molecule has 2 unspecified atom stereocenters. The van der Waals surface area contributed by atoms with Crippen molar-refractivity contribution in [3.05, 3.63) is 22.2 Å². The number of hydrogen-bond acceptors (Lipinski definition) is 1. The van der Waals surface area contributed by atoms with E-state index in [2.05, 4.69) is 5.32 Å². The van der Waals surface area contributed by atoms with Crippen molar-refractivity contribution < 1.29 is 4.79 Å². The summed E-state index contributed by atoms with van der Waals surface area (Å²) in [5.74, 6) is 0.796. The molecule has 80 valence electrons. The zero-order valence-electron chi connectivity index (χ0n) is 8.09. The Hall–Kier alpha value is -0.470. The Morgan fingerprint density at radius 1 is 1.40 bits per heavy atom. The number of hydrogen-bond donors (Lipinski definition) is 1. The minimum absolute atomic E-state index is 0.144. The lowest BCUT2D eigenvalue weighted by atomic mass is 9.83. The van der Waals surface area contributed by atoms with Crippen LogP contribution in [0.1, 0.15) is 12.8 Å². The third-order valence-corrected chi connectivity index (χ3v) is 4.68. The molecule has 1 amide bonds. The Kier molecular flexibility index (Phi) is 1.96. The molecule has 1 saturated heterocycles. The molecule has 0 radical (unpaired) electrons. The summed E-state index contributed by atoms with van der Waals surface area (Å²) >= 11 is 11.9. The van der Waals surface area contributed by atoms with E-state index < -0.39 is 0 Å². The fourth-order valence-electron chi connectivity index (χ4n) is 2.84. The largest absolute Gasteiger partial charge is 0.355 e. The number of fused-ring (bicyclic) bond motifs is 1. The minimum atomic E-state index is 0.144. The molecule has 3 atom stereocenters. The van der Waals surface area contributed by atoms with Crippen LogP contribution in [0.3, 0.4) is 0 Å². The monoisotopic (exact) mass is 243 g/mol. The van der Waals surface area contributed by atoms with E-state index in [1.165, 1.54) is 0 Å². The van der Waals surface area contributed by atoms with Crippen LogP contribution in [0.2, 0.25) is 0 Å². The van der Waals surface area contributed by atoms with Gasteiger partial charge in [-0.25, -0.2) is 0 Å². The van der Waals surface area contributed by atoms with Gasteiger partial charge in [0.25, 0.3) is 0 Å². The smallest absolute Gasteiger partial charge is 0.223 e. The molecule has 0 spiro atoms. The second-order valence-corrected chi connectivity index (χ2v) is 5.43. The zero-order chi connectivity index (χ0) is 10.6. The van der Waals surface area contributed by atoms with Crippen LogP contribution < -0.4 is 5.32 Å². The molecule has 2 aliphatic carbocycles. The van der Waals surface area contributed by atoms with Gasteiger partial charge in [0.1, 0.15) is 0 Å². The first-order valence-corrected chi connectivity index (χ1v) is 5.90. The van der Waals surface area contributed by atoms with E-state index >= 15 is 0 Å². The van der Waals surface area contributed by atoms with E-state index in [4.69, 9.17) is 23.2 Å². The first-order chi connectivity index (χ1) is 7.13. The van der Waals surface area contributed by atoms with Gasteiger partial charge >= 0.3 is 0 Å². The second-order valence-electron chi connectivity index (χ2n) is 4.62. The number of carbonyl (C=O) groups is 1. The van der Waals surface area contributed by atoms with Crippen LogP contribution in [0.15, 0.2) is 22.2 Å². The van der Waals surface area contributed by atoms with Crippen LogP contribution >= 0.6 is 23.2 Å². The molecule has 0 aromatic heterocycles. The SMILES string of the molecule is O=C1NC[C@]2(C3C=C(Cl)C(Cl)=CC3)CC12. The van der Waals surface area contributed by atoms with Crippen molar-refractivity contribution in [1.29, 1.82) is 0 Å². The van der Waals surface area contributed by atoms with Crippen molar-refractivity contribution in [2.75, 3.05) is 6.54 Å². The highest BCUT2D eigenvalue weighted by atomic mass is 35.5. The topological polar surface area (TPSA) is 29.1 Å². The third kappa shape index (κ3) is 1.28. The van der Waals surface area contributed by atoms with Crippen LogP contribution in [0, 0.1) is 17.3 Å². The van der Waals surface area contributed by atoms with Gasteiger partial charge in [-0.3, -0.25) is 4.79 Å². The summed E-state index contributed by atoms with van der Waals surface area (Å²) < 4.78 is 0. The molecule has 0 aromatic rings. The lowest BCUT2D eigenvalue weighted by molar-refractivity contribution is -0.120. The molecule has 1 heterocycles. The van der Waals surface area contributed by atoms with Crippen molar-refractivity contribution in [3.8, 4) is 0 Å². The first kappa shape index (κ1) is 9.73. The minimum Gasteiger partial charge on any atom is -0.355 e. The van der Waals surface area contributed by atoms with Crippen LogP contribution in [0.25, 0.3) is 0 Å². The number of rotatable bonds is 1. The van der Waals surface area contributed by atoms with Gasteiger partial charge in [-0.15, -0.1) is 0 Å². The Morgan fingerprint density at radius 2 is 2.20 bits per heavy atom. The molecule has 3 aliphatic rings. The molecule has 1 aliphatic heterocycles. The summed E-state index contributed by atoms with van der Waals surface area (Å²) in [6.07, 6.45) is 5.89. The maximum atomic E-state index is 11.4. The fraction of sp³-hybridized carbons (Fsp3) is 0.545. The Bertz CT molecular complexity index is 401. The number of halogens is 2. The summed E-state index contributed by atoms with van der Waals surface area (Å²) in [6, 6.07) is 0. The summed E-state index contributed by atoms with van der Waals surface area (Å²) in [6.45, 7) is 0.799. The molecule has 4 heteroatoms. The van der Waals surface area contributed by atoms with E-state index in [1.807, 2.05) is 12.2 Å². The maximum absolute atomic E-state index is 11.4. The number of nitrogens with one attached hydrogen (secondary N) is 1. The molecule has 1 N–H and O–H groups in total. The van der Waals surface area contributed by atoms with E-state index in [0.29, 0.717) is 16.0 Å². The highest BCUT2D eigenvalue weighted by Crippen LogP contribution is 2.62. The van der Waals surface area contributed by atoms with Crippen molar-refractivity contribution >= 4 is 29.1 Å². The highest BCUT2D eigenvalue weighted by Gasteiger charge is 2.65. The number of carbonyl (C=O) groups excluding carboxylic acids is 1. The maximum Gasteiger partial charge on any atom is 0.223 e. The predicted molar refractivity (Wildman–Crippen MR) is 59.5 cm³/mol. The van der Waals surface area contributed by atoms with Crippen LogP contribution in [-0.4, -0.2) is 12.5 Å². The lowest BCUT2D eigenvalue weighted by Gasteiger charge is -2.23. The summed E-state index contributed by atoms with van der Waals surface area (Å²) in [4.78, 5) is 11.4. The Morgan fingerprint density at radius 3 is 2.73 bits per heavy atom. The number of allylic oxidation sites excluding steroid dienone is 4. The Balaban J connectivity index is 1.85. The molecule has 0 bridgehead atoms. The van der Waals surface area contributed by atoms with Gasteiger partial charge in [-0.1, -0.05) is 35.4 Å². The molecular formula is C11H11Cl2NO. The van der Waals surface area contributed by atoms with Crippen LogP contribution in [0.5, 0.6) is 0 Å². The van der Waals surface area contributed by atoms with Crippen molar-refractivity contribution in [2.45, 2.75) is 12.8 Å². The standard InChI is InChI=1S/C11H11Cl2NO/c12-8-2-1-6(3-9(8)13)11-4-7(11)10(15)14-5-11/h2-3,6-7H,1,4-5H2,(H,14,15)/t6?,7?,11-/m0/s1. The zero-order valence-corrected chi connectivity index (χ0v) is 9.61. The van der Waals surface area contributed by atoms with Crippen molar-refractivity contribution in [3.63, 3.8) is 0 Å². The molecular weight excluding hydrogens is 233 g/mol. The van der Waals surface area contributed by atoms with Crippen LogP contribution in [0.4, 0.5) is 0 Å². The molecule has 1 saturated carbocycles. The van der Waals surface area contributed by atoms with Gasteiger partial charge in [-0.05, 0) is 18.8 Å². The van der Waals surface area contributed by atoms with Gasteiger partial charge < -0.3 is 5.32 Å². The van der Waals surface area contributed by atoms with Gasteiger partial charge in [0.2, 0.25) is 5.91 Å². The normalized spacial score (nSPS) is 42.9.